The highest BCUT2D eigenvalue weighted by Crippen LogP contribution is 2.30. The lowest BCUT2D eigenvalue weighted by atomic mass is 9.90. The molecule has 1 aliphatic rings. The van der Waals surface area contributed by atoms with Crippen molar-refractivity contribution in [2.45, 2.75) is 38.3 Å². The second-order valence-electron chi connectivity index (χ2n) is 7.60. The van der Waals surface area contributed by atoms with E-state index in [-0.39, 0.29) is 23.5 Å². The van der Waals surface area contributed by atoms with Gasteiger partial charge < -0.3 is 4.57 Å². The van der Waals surface area contributed by atoms with Gasteiger partial charge in [0.1, 0.15) is 5.82 Å². The molecule has 0 saturated carbocycles. The monoisotopic (exact) mass is 408 g/mol. The number of pyridine rings is 1. The molecule has 0 fully saturated rings. The standard InChI is InChI=1S/C24H25FN2OS/c1-16-13-20(25)22-12-11-21(26-29-2)23(27(22)24(16)28)15-17-7-6-10-19(14-17)18-8-4-3-5-9-18/h3-10,13-14,21,23,26H,11-12,15H2,1-2H3. The lowest BCUT2D eigenvalue weighted by Crippen LogP contribution is -2.45. The Kier molecular flexibility index (Phi) is 5.88. The van der Waals surface area contributed by atoms with Crippen molar-refractivity contribution in [1.82, 2.24) is 9.29 Å². The van der Waals surface area contributed by atoms with Gasteiger partial charge in [0.25, 0.3) is 5.56 Å². The molecule has 3 nitrogen and oxygen atoms in total. The summed E-state index contributed by atoms with van der Waals surface area (Å²) in [5.74, 6) is -0.271. The maximum Gasteiger partial charge on any atom is 0.254 e. The van der Waals surface area contributed by atoms with E-state index in [0.717, 1.165) is 23.1 Å². The maximum atomic E-state index is 14.6. The number of hydrogen-bond donors (Lipinski definition) is 1. The molecule has 0 radical (unpaired) electrons. The lowest BCUT2D eigenvalue weighted by molar-refractivity contribution is 0.310. The van der Waals surface area contributed by atoms with E-state index in [0.29, 0.717) is 24.1 Å². The number of rotatable bonds is 5. The molecule has 2 aromatic carbocycles. The molecule has 29 heavy (non-hydrogen) atoms. The van der Waals surface area contributed by atoms with Crippen LogP contribution >= 0.6 is 11.9 Å². The van der Waals surface area contributed by atoms with E-state index in [4.69, 9.17) is 0 Å². The molecule has 2 unspecified atom stereocenters. The number of halogens is 1. The van der Waals surface area contributed by atoms with Crippen LogP contribution in [-0.2, 0) is 12.8 Å². The smallest absolute Gasteiger partial charge is 0.254 e. The minimum atomic E-state index is -0.271. The van der Waals surface area contributed by atoms with Crippen LogP contribution in [0.1, 0.15) is 29.3 Å². The van der Waals surface area contributed by atoms with Gasteiger partial charge in [0.2, 0.25) is 0 Å². The first-order chi connectivity index (χ1) is 14.1. The zero-order valence-corrected chi connectivity index (χ0v) is 17.5. The Morgan fingerprint density at radius 3 is 2.62 bits per heavy atom. The van der Waals surface area contributed by atoms with Crippen molar-refractivity contribution in [3.05, 3.63) is 93.7 Å². The maximum absolute atomic E-state index is 14.6. The van der Waals surface area contributed by atoms with Gasteiger partial charge in [0.05, 0.1) is 11.7 Å². The third kappa shape index (κ3) is 4.02. The Labute approximate surface area is 175 Å². The van der Waals surface area contributed by atoms with Crippen LogP contribution in [0, 0.1) is 12.7 Å². The van der Waals surface area contributed by atoms with Crippen molar-refractivity contribution in [1.29, 1.82) is 0 Å². The molecule has 150 valence electrons. The highest BCUT2D eigenvalue weighted by Gasteiger charge is 2.32. The van der Waals surface area contributed by atoms with E-state index in [9.17, 15) is 9.18 Å². The van der Waals surface area contributed by atoms with Crippen LogP contribution in [0.2, 0.25) is 0 Å². The zero-order chi connectivity index (χ0) is 20.4. The molecule has 0 aliphatic carbocycles. The van der Waals surface area contributed by atoms with Gasteiger partial charge in [-0.25, -0.2) is 4.39 Å². The number of benzene rings is 2. The minimum Gasteiger partial charge on any atom is -0.304 e. The van der Waals surface area contributed by atoms with E-state index in [1.54, 1.807) is 23.4 Å². The molecule has 1 N–H and O–H groups in total. The van der Waals surface area contributed by atoms with Crippen LogP contribution in [-0.4, -0.2) is 16.9 Å². The first-order valence-electron chi connectivity index (χ1n) is 9.92. The molecule has 0 bridgehead atoms. The van der Waals surface area contributed by atoms with E-state index in [1.807, 2.05) is 24.5 Å². The second-order valence-corrected chi connectivity index (χ2v) is 8.25. The predicted molar refractivity (Wildman–Crippen MR) is 119 cm³/mol. The molecule has 0 spiro atoms. The van der Waals surface area contributed by atoms with E-state index in [2.05, 4.69) is 41.1 Å². The summed E-state index contributed by atoms with van der Waals surface area (Å²) in [6.45, 7) is 1.69. The highest BCUT2D eigenvalue weighted by molar-refractivity contribution is 7.96. The van der Waals surface area contributed by atoms with Crippen molar-refractivity contribution in [3.63, 3.8) is 0 Å². The SMILES string of the molecule is CSNC1CCc2c(F)cc(C)c(=O)n2C1Cc1cccc(-c2ccccc2)c1. The van der Waals surface area contributed by atoms with Crippen LogP contribution in [0.15, 0.2) is 65.5 Å². The summed E-state index contributed by atoms with van der Waals surface area (Å²) in [7, 11) is 0. The van der Waals surface area contributed by atoms with Crippen molar-refractivity contribution in [2.75, 3.05) is 6.26 Å². The molecule has 2 heterocycles. The Morgan fingerprint density at radius 2 is 1.86 bits per heavy atom. The first kappa shape index (κ1) is 19.9. The van der Waals surface area contributed by atoms with Crippen LogP contribution in [0.25, 0.3) is 11.1 Å². The quantitative estimate of drug-likeness (QED) is 0.608. The lowest BCUT2D eigenvalue weighted by Gasteiger charge is -2.36. The second kappa shape index (κ2) is 8.56. The summed E-state index contributed by atoms with van der Waals surface area (Å²) < 4.78 is 19.8. The van der Waals surface area contributed by atoms with Gasteiger partial charge in [0, 0.05) is 11.6 Å². The summed E-state index contributed by atoms with van der Waals surface area (Å²) in [6.07, 6.45) is 4.04. The molecule has 1 aliphatic heterocycles. The molecule has 2 atom stereocenters. The van der Waals surface area contributed by atoms with Gasteiger partial charge in [-0.2, -0.15) is 0 Å². The van der Waals surface area contributed by atoms with Gasteiger partial charge in [0.15, 0.2) is 0 Å². The molecular formula is C24H25FN2OS. The van der Waals surface area contributed by atoms with Crippen molar-refractivity contribution >= 4 is 11.9 Å². The normalized spacial score (nSPS) is 18.4. The van der Waals surface area contributed by atoms with E-state index in [1.165, 1.54) is 6.07 Å². The van der Waals surface area contributed by atoms with Gasteiger partial charge in [-0.1, -0.05) is 66.5 Å². The topological polar surface area (TPSA) is 34.0 Å². The van der Waals surface area contributed by atoms with Crippen molar-refractivity contribution in [2.24, 2.45) is 0 Å². The number of hydrogen-bond acceptors (Lipinski definition) is 3. The van der Waals surface area contributed by atoms with Gasteiger partial charge in [-0.3, -0.25) is 9.52 Å². The Bertz CT molecular complexity index is 1060. The first-order valence-corrected chi connectivity index (χ1v) is 11.1. The summed E-state index contributed by atoms with van der Waals surface area (Å²) in [5, 5.41) is 0. The zero-order valence-electron chi connectivity index (χ0n) is 16.7. The van der Waals surface area contributed by atoms with E-state index >= 15 is 0 Å². The molecule has 5 heteroatoms. The summed E-state index contributed by atoms with van der Waals surface area (Å²) in [4.78, 5) is 13.0. The molecular weight excluding hydrogens is 383 g/mol. The average molecular weight is 409 g/mol. The molecule has 4 rings (SSSR count). The van der Waals surface area contributed by atoms with Crippen molar-refractivity contribution < 1.29 is 4.39 Å². The molecule has 0 amide bonds. The summed E-state index contributed by atoms with van der Waals surface area (Å²) in [5.41, 5.74) is 4.36. The number of fused-ring (bicyclic) bond motifs is 1. The Hall–Kier alpha value is -2.37. The average Bonchev–Trinajstić information content (AvgIpc) is 2.74. The highest BCUT2D eigenvalue weighted by atomic mass is 32.2. The fraction of sp³-hybridized carbons (Fsp3) is 0.292. The third-order valence-electron chi connectivity index (χ3n) is 5.70. The summed E-state index contributed by atoms with van der Waals surface area (Å²) in [6, 6.07) is 20.0. The number of aromatic nitrogens is 1. The van der Waals surface area contributed by atoms with Crippen LogP contribution in [0.4, 0.5) is 4.39 Å². The number of nitrogens with one attached hydrogen (secondary N) is 1. The fourth-order valence-corrected chi connectivity index (χ4v) is 4.87. The third-order valence-corrected chi connectivity index (χ3v) is 6.24. The van der Waals surface area contributed by atoms with E-state index < -0.39 is 0 Å². The van der Waals surface area contributed by atoms with Gasteiger partial charge >= 0.3 is 0 Å². The summed E-state index contributed by atoms with van der Waals surface area (Å²) >= 11 is 1.55. The number of aryl methyl sites for hydroxylation is 1. The van der Waals surface area contributed by atoms with Crippen molar-refractivity contribution in [3.8, 4) is 11.1 Å². The van der Waals surface area contributed by atoms with Gasteiger partial charge in [-0.15, -0.1) is 0 Å². The Balaban J connectivity index is 1.75. The van der Waals surface area contributed by atoms with Crippen LogP contribution in [0.3, 0.4) is 0 Å². The van der Waals surface area contributed by atoms with Crippen LogP contribution in [0.5, 0.6) is 0 Å². The fourth-order valence-electron chi connectivity index (χ4n) is 4.29. The molecule has 3 aromatic rings. The molecule has 0 saturated heterocycles. The molecule has 1 aromatic heterocycles. The van der Waals surface area contributed by atoms with Gasteiger partial charge in [-0.05, 0) is 55.2 Å². The minimum absolute atomic E-state index is 0.0850. The number of nitrogens with zero attached hydrogens (tertiary/aromatic N) is 1. The predicted octanol–water partition coefficient (Wildman–Crippen LogP) is 4.93. The Morgan fingerprint density at radius 1 is 1.10 bits per heavy atom. The largest absolute Gasteiger partial charge is 0.304 e. The van der Waals surface area contributed by atoms with Crippen LogP contribution < -0.4 is 10.3 Å².